The molecule has 0 radical (unpaired) electrons. The van der Waals surface area contributed by atoms with Crippen LogP contribution in [0.3, 0.4) is 0 Å². The monoisotopic (exact) mass is 248 g/mol. The molecule has 1 aliphatic heterocycles. The Balaban J connectivity index is 2.12. The fourth-order valence-corrected chi connectivity index (χ4v) is 2.60. The second-order valence-electron chi connectivity index (χ2n) is 5.78. The first kappa shape index (κ1) is 13.3. The molecular formula is C15H24N2O. The highest BCUT2D eigenvalue weighted by Gasteiger charge is 2.28. The highest BCUT2D eigenvalue weighted by molar-refractivity contribution is 5.43. The highest BCUT2D eigenvalue weighted by Crippen LogP contribution is 2.35. The lowest BCUT2D eigenvalue weighted by Crippen LogP contribution is -2.38. The summed E-state index contributed by atoms with van der Waals surface area (Å²) in [4.78, 5) is 6.94. The summed E-state index contributed by atoms with van der Waals surface area (Å²) in [6, 6.07) is 3.96. The van der Waals surface area contributed by atoms with Crippen LogP contribution < -0.4 is 4.90 Å². The Hall–Kier alpha value is -1.09. The van der Waals surface area contributed by atoms with Gasteiger partial charge >= 0.3 is 0 Å². The fraction of sp³-hybridized carbons (Fsp3) is 0.667. The zero-order chi connectivity index (χ0) is 13.2. The van der Waals surface area contributed by atoms with Crippen LogP contribution in [0.2, 0.25) is 0 Å². The first-order valence-corrected chi connectivity index (χ1v) is 6.90. The molecule has 100 valence electrons. The van der Waals surface area contributed by atoms with E-state index in [4.69, 9.17) is 0 Å². The van der Waals surface area contributed by atoms with Crippen molar-refractivity contribution in [3.63, 3.8) is 0 Å². The van der Waals surface area contributed by atoms with Gasteiger partial charge in [0.25, 0.3) is 0 Å². The quantitative estimate of drug-likeness (QED) is 0.893. The minimum absolute atomic E-state index is 0.0941. The third kappa shape index (κ3) is 2.83. The number of hydrogen-bond donors (Lipinski definition) is 1. The van der Waals surface area contributed by atoms with E-state index in [-0.39, 0.29) is 6.61 Å². The van der Waals surface area contributed by atoms with Crippen LogP contribution in [0.4, 0.5) is 5.82 Å². The van der Waals surface area contributed by atoms with E-state index in [9.17, 15) is 5.11 Å². The second-order valence-corrected chi connectivity index (χ2v) is 5.78. The van der Waals surface area contributed by atoms with Crippen molar-refractivity contribution < 1.29 is 5.11 Å². The van der Waals surface area contributed by atoms with E-state index >= 15 is 0 Å². The summed E-state index contributed by atoms with van der Waals surface area (Å²) in [5, 5.41) is 9.26. The summed E-state index contributed by atoms with van der Waals surface area (Å²) >= 11 is 0. The van der Waals surface area contributed by atoms with Crippen LogP contribution in [-0.2, 0) is 6.61 Å². The average Bonchev–Trinajstić information content (AvgIpc) is 2.39. The van der Waals surface area contributed by atoms with Gasteiger partial charge in [-0.15, -0.1) is 0 Å². The van der Waals surface area contributed by atoms with Crippen LogP contribution in [-0.4, -0.2) is 23.2 Å². The number of pyridine rings is 1. The van der Waals surface area contributed by atoms with E-state index in [2.05, 4.69) is 23.7 Å². The standard InChI is InChI=1S/C15H24N2O/c1-4-15(3)5-7-17(8-6-15)14-10-13(11-18)9-12(2)16-14/h9-10,18H,4-8,11H2,1-3H3. The van der Waals surface area contributed by atoms with Crippen LogP contribution in [0.5, 0.6) is 0 Å². The molecule has 18 heavy (non-hydrogen) atoms. The number of piperidine rings is 1. The Morgan fingerprint density at radius 1 is 1.33 bits per heavy atom. The van der Waals surface area contributed by atoms with E-state index in [0.717, 1.165) is 30.2 Å². The molecule has 2 heterocycles. The molecule has 1 saturated heterocycles. The molecule has 1 aliphatic rings. The molecule has 0 aromatic carbocycles. The van der Waals surface area contributed by atoms with E-state index in [1.165, 1.54) is 19.3 Å². The molecule has 0 amide bonds. The van der Waals surface area contributed by atoms with Gasteiger partial charge in [0.1, 0.15) is 5.82 Å². The summed E-state index contributed by atoms with van der Waals surface area (Å²) in [6.45, 7) is 8.90. The minimum Gasteiger partial charge on any atom is -0.392 e. The van der Waals surface area contributed by atoms with Gasteiger partial charge in [-0.2, -0.15) is 0 Å². The van der Waals surface area contributed by atoms with Crippen molar-refractivity contribution in [2.24, 2.45) is 5.41 Å². The van der Waals surface area contributed by atoms with E-state index in [1.54, 1.807) is 0 Å². The molecule has 0 unspecified atom stereocenters. The van der Waals surface area contributed by atoms with Gasteiger partial charge in [-0.05, 0) is 42.9 Å². The first-order valence-electron chi connectivity index (χ1n) is 6.90. The zero-order valence-corrected chi connectivity index (χ0v) is 11.7. The molecule has 1 aromatic rings. The summed E-state index contributed by atoms with van der Waals surface area (Å²) in [5.41, 5.74) is 2.45. The van der Waals surface area contributed by atoms with Crippen LogP contribution in [0.15, 0.2) is 12.1 Å². The van der Waals surface area contributed by atoms with E-state index < -0.39 is 0 Å². The van der Waals surface area contributed by atoms with Gasteiger partial charge in [0.05, 0.1) is 6.61 Å². The zero-order valence-electron chi connectivity index (χ0n) is 11.7. The van der Waals surface area contributed by atoms with Gasteiger partial charge in [0.15, 0.2) is 0 Å². The maximum atomic E-state index is 9.26. The molecular weight excluding hydrogens is 224 g/mol. The summed E-state index contributed by atoms with van der Waals surface area (Å²) < 4.78 is 0. The van der Waals surface area contributed by atoms with Gasteiger partial charge in [-0.25, -0.2) is 4.98 Å². The summed E-state index contributed by atoms with van der Waals surface area (Å²) in [5.74, 6) is 1.03. The van der Waals surface area contributed by atoms with E-state index in [1.807, 2.05) is 19.1 Å². The van der Waals surface area contributed by atoms with Gasteiger partial charge in [0.2, 0.25) is 0 Å². The lowest BCUT2D eigenvalue weighted by molar-refractivity contribution is 0.237. The average molecular weight is 248 g/mol. The third-order valence-electron chi connectivity index (χ3n) is 4.33. The van der Waals surface area contributed by atoms with Crippen LogP contribution in [0, 0.1) is 12.3 Å². The van der Waals surface area contributed by atoms with Crippen molar-refractivity contribution in [2.75, 3.05) is 18.0 Å². The van der Waals surface area contributed by atoms with Crippen molar-refractivity contribution in [1.29, 1.82) is 0 Å². The highest BCUT2D eigenvalue weighted by atomic mass is 16.3. The Labute approximate surface area is 110 Å². The predicted molar refractivity (Wildman–Crippen MR) is 74.7 cm³/mol. The van der Waals surface area contributed by atoms with Crippen molar-refractivity contribution in [1.82, 2.24) is 4.98 Å². The van der Waals surface area contributed by atoms with Gasteiger partial charge in [-0.3, -0.25) is 0 Å². The molecule has 1 fully saturated rings. The van der Waals surface area contributed by atoms with Crippen LogP contribution in [0.1, 0.15) is 44.4 Å². The number of rotatable bonds is 3. The largest absolute Gasteiger partial charge is 0.392 e. The van der Waals surface area contributed by atoms with Crippen LogP contribution >= 0.6 is 0 Å². The maximum Gasteiger partial charge on any atom is 0.129 e. The van der Waals surface area contributed by atoms with Crippen molar-refractivity contribution >= 4 is 5.82 Å². The molecule has 2 rings (SSSR count). The number of anilines is 1. The summed E-state index contributed by atoms with van der Waals surface area (Å²) in [7, 11) is 0. The predicted octanol–water partition coefficient (Wildman–Crippen LogP) is 2.90. The Morgan fingerprint density at radius 3 is 2.56 bits per heavy atom. The van der Waals surface area contributed by atoms with E-state index in [0.29, 0.717) is 5.41 Å². The lowest BCUT2D eigenvalue weighted by Gasteiger charge is -2.39. The van der Waals surface area contributed by atoms with Gasteiger partial charge in [0, 0.05) is 18.8 Å². The smallest absolute Gasteiger partial charge is 0.129 e. The molecule has 1 aromatic heterocycles. The number of aryl methyl sites for hydroxylation is 1. The number of aliphatic hydroxyl groups is 1. The molecule has 3 nitrogen and oxygen atoms in total. The number of aliphatic hydroxyl groups excluding tert-OH is 1. The Morgan fingerprint density at radius 2 is 2.00 bits per heavy atom. The Kier molecular flexibility index (Phi) is 3.91. The molecule has 0 bridgehead atoms. The van der Waals surface area contributed by atoms with Crippen molar-refractivity contribution in [3.05, 3.63) is 23.4 Å². The minimum atomic E-state index is 0.0941. The van der Waals surface area contributed by atoms with Crippen LogP contribution in [0.25, 0.3) is 0 Å². The fourth-order valence-electron chi connectivity index (χ4n) is 2.60. The molecule has 0 spiro atoms. The first-order chi connectivity index (χ1) is 8.56. The summed E-state index contributed by atoms with van der Waals surface area (Å²) in [6.07, 6.45) is 3.71. The molecule has 0 saturated carbocycles. The normalized spacial score (nSPS) is 19.0. The molecule has 0 atom stereocenters. The number of hydrogen-bond acceptors (Lipinski definition) is 3. The number of aromatic nitrogens is 1. The maximum absolute atomic E-state index is 9.26. The lowest BCUT2D eigenvalue weighted by atomic mass is 9.78. The number of nitrogens with zero attached hydrogens (tertiary/aromatic N) is 2. The topological polar surface area (TPSA) is 36.4 Å². The third-order valence-corrected chi connectivity index (χ3v) is 4.33. The molecule has 1 N–H and O–H groups in total. The Bertz CT molecular complexity index is 409. The van der Waals surface area contributed by atoms with Crippen molar-refractivity contribution in [3.8, 4) is 0 Å². The second kappa shape index (κ2) is 5.27. The molecule has 0 aliphatic carbocycles. The van der Waals surface area contributed by atoms with Gasteiger partial charge < -0.3 is 10.0 Å². The SMILES string of the molecule is CCC1(C)CCN(c2cc(CO)cc(C)n2)CC1. The van der Waals surface area contributed by atoms with Gasteiger partial charge in [-0.1, -0.05) is 20.3 Å². The molecule has 3 heteroatoms. The van der Waals surface area contributed by atoms with Crippen molar-refractivity contribution in [2.45, 2.75) is 46.6 Å².